The second-order valence-corrected chi connectivity index (χ2v) is 8.76. The number of nitrogens with one attached hydrogen (secondary N) is 1. The fourth-order valence-corrected chi connectivity index (χ4v) is 4.35. The molecular formula is C27H28F3N3O3. The standard InChI is InChI=1S/C27H28F3N3O3/c1-18-6-7-19(26(34)32-22-5-3-4-21(13-22)27(28,29)30)12-25(18)20-8-9-33(17-20)23-14-24(16-31-15-23)36-11-10-35-2/h3-7,12-16,20H,8-11,17H2,1-2H3,(H,32,34). The Morgan fingerprint density at radius 1 is 1.14 bits per heavy atom. The van der Waals surface area contributed by atoms with Crippen LogP contribution in [0.3, 0.4) is 0 Å². The largest absolute Gasteiger partial charge is 0.489 e. The van der Waals surface area contributed by atoms with Gasteiger partial charge >= 0.3 is 6.18 Å². The second-order valence-electron chi connectivity index (χ2n) is 8.76. The fourth-order valence-electron chi connectivity index (χ4n) is 4.35. The number of alkyl halides is 3. The number of carbonyl (C=O) groups is 1. The molecule has 0 bridgehead atoms. The van der Waals surface area contributed by atoms with Gasteiger partial charge in [-0.25, -0.2) is 0 Å². The monoisotopic (exact) mass is 499 g/mol. The smallest absolute Gasteiger partial charge is 0.416 e. The summed E-state index contributed by atoms with van der Waals surface area (Å²) in [5.74, 6) is 0.428. The first kappa shape index (κ1) is 25.5. The lowest BCUT2D eigenvalue weighted by Gasteiger charge is -2.20. The molecule has 0 saturated carbocycles. The summed E-state index contributed by atoms with van der Waals surface area (Å²) in [6.45, 7) is 4.51. The molecule has 1 amide bonds. The molecule has 190 valence electrons. The topological polar surface area (TPSA) is 63.7 Å². The number of aryl methyl sites for hydroxylation is 1. The molecule has 1 atom stereocenters. The molecule has 1 aromatic heterocycles. The van der Waals surface area contributed by atoms with Gasteiger partial charge in [0.2, 0.25) is 0 Å². The van der Waals surface area contributed by atoms with Crippen molar-refractivity contribution in [3.05, 3.63) is 83.2 Å². The molecule has 1 fully saturated rings. The molecule has 36 heavy (non-hydrogen) atoms. The van der Waals surface area contributed by atoms with E-state index in [2.05, 4.69) is 15.2 Å². The van der Waals surface area contributed by atoms with Crippen LogP contribution in [0, 0.1) is 6.92 Å². The third-order valence-electron chi connectivity index (χ3n) is 6.24. The van der Waals surface area contributed by atoms with Gasteiger partial charge < -0.3 is 19.7 Å². The first-order valence-electron chi connectivity index (χ1n) is 11.7. The molecule has 3 aromatic rings. The molecule has 4 rings (SSSR count). The highest BCUT2D eigenvalue weighted by Crippen LogP contribution is 2.34. The van der Waals surface area contributed by atoms with Gasteiger partial charge in [0.1, 0.15) is 12.4 Å². The zero-order chi connectivity index (χ0) is 25.7. The van der Waals surface area contributed by atoms with E-state index in [1.54, 1.807) is 25.6 Å². The summed E-state index contributed by atoms with van der Waals surface area (Å²) in [6, 6.07) is 12.0. The van der Waals surface area contributed by atoms with Crippen molar-refractivity contribution in [2.45, 2.75) is 25.4 Å². The maximum atomic E-state index is 13.0. The van der Waals surface area contributed by atoms with Crippen molar-refractivity contribution < 1.29 is 27.4 Å². The summed E-state index contributed by atoms with van der Waals surface area (Å²) < 4.78 is 49.7. The highest BCUT2D eigenvalue weighted by Gasteiger charge is 2.30. The van der Waals surface area contributed by atoms with E-state index < -0.39 is 17.6 Å². The van der Waals surface area contributed by atoms with Crippen LogP contribution in [0.5, 0.6) is 5.75 Å². The number of amides is 1. The summed E-state index contributed by atoms with van der Waals surface area (Å²) in [7, 11) is 1.62. The quantitative estimate of drug-likeness (QED) is 0.404. The average molecular weight is 500 g/mol. The van der Waals surface area contributed by atoms with Crippen molar-refractivity contribution in [3.8, 4) is 5.75 Å². The first-order chi connectivity index (χ1) is 17.2. The Bertz CT molecular complexity index is 1220. The minimum atomic E-state index is -4.48. The van der Waals surface area contributed by atoms with Crippen LogP contribution in [0.25, 0.3) is 0 Å². The molecule has 2 heterocycles. The second kappa shape index (κ2) is 11.0. The van der Waals surface area contributed by atoms with Crippen molar-refractivity contribution in [2.24, 2.45) is 0 Å². The number of hydrogen-bond acceptors (Lipinski definition) is 5. The SMILES string of the molecule is COCCOc1cncc(N2CCC(c3cc(C(=O)Nc4cccc(C(F)(F)F)c4)ccc3C)C2)c1. The number of aromatic nitrogens is 1. The number of carbonyl (C=O) groups excluding carboxylic acids is 1. The molecule has 9 heteroatoms. The maximum absolute atomic E-state index is 13.0. The number of methoxy groups -OCH3 is 1. The van der Waals surface area contributed by atoms with Crippen molar-refractivity contribution >= 4 is 17.3 Å². The lowest BCUT2D eigenvalue weighted by molar-refractivity contribution is -0.137. The van der Waals surface area contributed by atoms with Crippen LogP contribution in [-0.2, 0) is 10.9 Å². The fraction of sp³-hybridized carbons (Fsp3) is 0.333. The molecule has 1 aliphatic heterocycles. The third kappa shape index (κ3) is 6.15. The van der Waals surface area contributed by atoms with Gasteiger partial charge in [-0.1, -0.05) is 12.1 Å². The molecule has 1 aliphatic rings. The maximum Gasteiger partial charge on any atom is 0.416 e. The minimum absolute atomic E-state index is 0.101. The van der Waals surface area contributed by atoms with Crippen LogP contribution in [0.1, 0.15) is 39.4 Å². The summed E-state index contributed by atoms with van der Waals surface area (Å²) in [5.41, 5.74) is 2.77. The predicted molar refractivity (Wildman–Crippen MR) is 132 cm³/mol. The number of halogens is 3. The Hall–Kier alpha value is -3.59. The van der Waals surface area contributed by atoms with Crippen LogP contribution >= 0.6 is 0 Å². The molecule has 1 unspecified atom stereocenters. The Morgan fingerprint density at radius 2 is 1.97 bits per heavy atom. The molecule has 2 aromatic carbocycles. The zero-order valence-electron chi connectivity index (χ0n) is 20.1. The lowest BCUT2D eigenvalue weighted by Crippen LogP contribution is -2.20. The number of pyridine rings is 1. The van der Waals surface area contributed by atoms with Crippen LogP contribution in [-0.4, -0.2) is 44.3 Å². The van der Waals surface area contributed by atoms with Crippen molar-refractivity contribution in [1.29, 1.82) is 0 Å². The first-order valence-corrected chi connectivity index (χ1v) is 11.7. The number of nitrogens with zero attached hydrogens (tertiary/aromatic N) is 2. The number of hydrogen-bond donors (Lipinski definition) is 1. The van der Waals surface area contributed by atoms with Crippen molar-refractivity contribution in [2.75, 3.05) is 43.6 Å². The van der Waals surface area contributed by atoms with E-state index in [0.717, 1.165) is 48.5 Å². The highest BCUT2D eigenvalue weighted by atomic mass is 19.4. The van der Waals surface area contributed by atoms with E-state index in [9.17, 15) is 18.0 Å². The summed E-state index contributed by atoms with van der Waals surface area (Å²) >= 11 is 0. The highest BCUT2D eigenvalue weighted by molar-refractivity contribution is 6.04. The zero-order valence-corrected chi connectivity index (χ0v) is 20.1. The molecule has 1 saturated heterocycles. The minimum Gasteiger partial charge on any atom is -0.489 e. The molecule has 0 spiro atoms. The van der Waals surface area contributed by atoms with E-state index in [0.29, 0.717) is 24.5 Å². The van der Waals surface area contributed by atoms with Gasteiger partial charge in [0, 0.05) is 43.4 Å². The van der Waals surface area contributed by atoms with Gasteiger partial charge in [-0.05, 0) is 54.8 Å². The molecule has 1 N–H and O–H groups in total. The van der Waals surface area contributed by atoms with E-state index in [1.807, 2.05) is 25.1 Å². The number of rotatable bonds is 8. The summed E-state index contributed by atoms with van der Waals surface area (Å²) in [6.07, 6.45) is -0.105. The van der Waals surface area contributed by atoms with Crippen LogP contribution in [0.2, 0.25) is 0 Å². The van der Waals surface area contributed by atoms with Crippen molar-refractivity contribution in [3.63, 3.8) is 0 Å². The van der Waals surface area contributed by atoms with Crippen LogP contribution in [0.15, 0.2) is 60.9 Å². The Balaban J connectivity index is 1.46. The predicted octanol–water partition coefficient (Wildman–Crippen LogP) is 5.68. The number of ether oxygens (including phenoxy) is 2. The van der Waals surface area contributed by atoms with Crippen molar-refractivity contribution in [1.82, 2.24) is 4.98 Å². The van der Waals surface area contributed by atoms with Gasteiger partial charge in [0.15, 0.2) is 0 Å². The van der Waals surface area contributed by atoms with Crippen LogP contribution in [0.4, 0.5) is 24.5 Å². The summed E-state index contributed by atoms with van der Waals surface area (Å²) in [4.78, 5) is 19.4. The van der Waals surface area contributed by atoms with Gasteiger partial charge in [-0.2, -0.15) is 13.2 Å². The summed E-state index contributed by atoms with van der Waals surface area (Å²) in [5, 5.41) is 2.59. The van der Waals surface area contributed by atoms with Gasteiger partial charge in [0.25, 0.3) is 5.91 Å². The van der Waals surface area contributed by atoms with E-state index in [4.69, 9.17) is 9.47 Å². The lowest BCUT2D eigenvalue weighted by atomic mass is 9.92. The number of anilines is 2. The third-order valence-corrected chi connectivity index (χ3v) is 6.24. The Labute approximate surface area is 208 Å². The van der Waals surface area contributed by atoms with Gasteiger partial charge in [-0.3, -0.25) is 9.78 Å². The molecular weight excluding hydrogens is 471 g/mol. The Kier molecular flexibility index (Phi) is 7.79. The molecule has 0 aliphatic carbocycles. The molecule has 6 nitrogen and oxygen atoms in total. The number of benzene rings is 2. The van der Waals surface area contributed by atoms with Gasteiger partial charge in [0.05, 0.1) is 30.3 Å². The average Bonchev–Trinajstić information content (AvgIpc) is 3.34. The normalized spacial score (nSPS) is 15.7. The van der Waals surface area contributed by atoms with E-state index in [1.165, 1.54) is 12.1 Å². The van der Waals surface area contributed by atoms with Crippen LogP contribution < -0.4 is 15.0 Å². The van der Waals surface area contributed by atoms with E-state index in [-0.39, 0.29) is 11.6 Å². The van der Waals surface area contributed by atoms with Gasteiger partial charge in [-0.15, -0.1) is 0 Å². The Morgan fingerprint density at radius 3 is 2.75 bits per heavy atom. The van der Waals surface area contributed by atoms with E-state index >= 15 is 0 Å². The molecule has 0 radical (unpaired) electrons.